The van der Waals surface area contributed by atoms with Gasteiger partial charge in [-0.25, -0.2) is 8.78 Å². The van der Waals surface area contributed by atoms with Crippen LogP contribution in [0.2, 0.25) is 0 Å². The topological polar surface area (TPSA) is 38.3 Å². The predicted octanol–water partition coefficient (Wildman–Crippen LogP) is 2.79. The van der Waals surface area contributed by atoms with Crippen molar-refractivity contribution in [2.75, 3.05) is 7.11 Å². The monoisotopic (exact) mass is 281 g/mol. The number of rotatable bonds is 5. The minimum atomic E-state index is -2.62. The van der Waals surface area contributed by atoms with Gasteiger partial charge in [0.1, 0.15) is 5.75 Å². The van der Waals surface area contributed by atoms with Crippen molar-refractivity contribution < 1.29 is 18.3 Å². The van der Waals surface area contributed by atoms with E-state index in [1.807, 2.05) is 6.07 Å². The molecule has 0 unspecified atom stereocenters. The Morgan fingerprint density at radius 1 is 1.55 bits per heavy atom. The number of hydrogen-bond acceptors (Lipinski definition) is 2. The van der Waals surface area contributed by atoms with E-state index in [0.717, 1.165) is 11.1 Å². The SMILES string of the molecule is C=Cc1ccc(CC(=O)NC2CC(F)(F)C2)c(OC)c1. The largest absolute Gasteiger partial charge is 0.496 e. The number of amides is 1. The smallest absolute Gasteiger partial charge is 0.252 e. The van der Waals surface area contributed by atoms with Gasteiger partial charge in [-0.2, -0.15) is 0 Å². The summed E-state index contributed by atoms with van der Waals surface area (Å²) in [7, 11) is 1.52. The molecule has 3 nitrogen and oxygen atoms in total. The quantitative estimate of drug-likeness (QED) is 0.901. The predicted molar refractivity (Wildman–Crippen MR) is 72.9 cm³/mol. The third-order valence-electron chi connectivity index (χ3n) is 3.35. The second kappa shape index (κ2) is 5.61. The average molecular weight is 281 g/mol. The molecule has 108 valence electrons. The summed E-state index contributed by atoms with van der Waals surface area (Å²) in [5, 5.41) is 2.61. The lowest BCUT2D eigenvalue weighted by molar-refractivity contribution is -0.128. The van der Waals surface area contributed by atoms with Gasteiger partial charge in [-0.15, -0.1) is 0 Å². The van der Waals surface area contributed by atoms with Crippen LogP contribution < -0.4 is 10.1 Å². The number of hydrogen-bond donors (Lipinski definition) is 1. The highest BCUT2D eigenvalue weighted by atomic mass is 19.3. The normalized spacial score (nSPS) is 17.1. The maximum atomic E-state index is 12.7. The third-order valence-corrected chi connectivity index (χ3v) is 3.35. The minimum Gasteiger partial charge on any atom is -0.496 e. The fraction of sp³-hybridized carbons (Fsp3) is 0.400. The van der Waals surface area contributed by atoms with E-state index < -0.39 is 12.0 Å². The molecule has 1 N–H and O–H groups in total. The first-order valence-corrected chi connectivity index (χ1v) is 6.40. The lowest BCUT2D eigenvalue weighted by atomic mass is 9.88. The number of benzene rings is 1. The Morgan fingerprint density at radius 3 is 2.80 bits per heavy atom. The van der Waals surface area contributed by atoms with Crippen molar-refractivity contribution >= 4 is 12.0 Å². The van der Waals surface area contributed by atoms with E-state index in [4.69, 9.17) is 4.74 Å². The molecule has 0 heterocycles. The molecule has 0 spiro atoms. The van der Waals surface area contributed by atoms with Crippen molar-refractivity contribution in [2.45, 2.75) is 31.2 Å². The number of carbonyl (C=O) groups is 1. The Bertz CT molecular complexity index is 521. The first kappa shape index (κ1) is 14.5. The molecule has 5 heteroatoms. The van der Waals surface area contributed by atoms with Gasteiger partial charge in [0.25, 0.3) is 5.92 Å². The molecule has 1 saturated carbocycles. The molecule has 1 aromatic rings. The van der Waals surface area contributed by atoms with Crippen LogP contribution >= 0.6 is 0 Å². The Kier molecular flexibility index (Phi) is 4.06. The summed E-state index contributed by atoms with van der Waals surface area (Å²) in [5.41, 5.74) is 1.62. The summed E-state index contributed by atoms with van der Waals surface area (Å²) in [4.78, 5) is 11.8. The Morgan fingerprint density at radius 2 is 2.25 bits per heavy atom. The number of alkyl halides is 2. The van der Waals surface area contributed by atoms with Crippen LogP contribution in [0, 0.1) is 0 Å². The summed E-state index contributed by atoms with van der Waals surface area (Å²) < 4.78 is 30.6. The van der Waals surface area contributed by atoms with Gasteiger partial charge in [-0.1, -0.05) is 24.8 Å². The second-order valence-electron chi connectivity index (χ2n) is 4.98. The molecule has 0 atom stereocenters. The fourth-order valence-corrected chi connectivity index (χ4v) is 2.25. The van der Waals surface area contributed by atoms with Gasteiger partial charge >= 0.3 is 0 Å². The van der Waals surface area contributed by atoms with Crippen LogP contribution in [-0.4, -0.2) is 25.0 Å². The van der Waals surface area contributed by atoms with E-state index in [0.29, 0.717) is 5.75 Å². The highest BCUT2D eigenvalue weighted by molar-refractivity contribution is 5.80. The van der Waals surface area contributed by atoms with E-state index in [1.165, 1.54) is 7.11 Å². The lowest BCUT2D eigenvalue weighted by Crippen LogP contribution is -2.50. The first-order chi connectivity index (χ1) is 9.43. The average Bonchev–Trinajstić information content (AvgIpc) is 2.37. The summed E-state index contributed by atoms with van der Waals surface area (Å²) in [6.07, 6.45) is 1.25. The lowest BCUT2D eigenvalue weighted by Gasteiger charge is -2.35. The van der Waals surface area contributed by atoms with Crippen LogP contribution in [-0.2, 0) is 11.2 Å². The Hall–Kier alpha value is -1.91. The molecule has 0 aliphatic heterocycles. The summed E-state index contributed by atoms with van der Waals surface area (Å²) in [5.74, 6) is -2.30. The molecule has 0 saturated heterocycles. The maximum absolute atomic E-state index is 12.7. The highest BCUT2D eigenvalue weighted by Gasteiger charge is 2.45. The van der Waals surface area contributed by atoms with E-state index in [9.17, 15) is 13.6 Å². The van der Waals surface area contributed by atoms with Crippen molar-refractivity contribution in [3.05, 3.63) is 35.9 Å². The van der Waals surface area contributed by atoms with Crippen molar-refractivity contribution in [1.29, 1.82) is 0 Å². The third kappa shape index (κ3) is 3.35. The molecule has 20 heavy (non-hydrogen) atoms. The van der Waals surface area contributed by atoms with Crippen LogP contribution in [0.3, 0.4) is 0 Å². The van der Waals surface area contributed by atoms with E-state index in [1.54, 1.807) is 18.2 Å². The second-order valence-corrected chi connectivity index (χ2v) is 4.98. The highest BCUT2D eigenvalue weighted by Crippen LogP contribution is 2.37. The van der Waals surface area contributed by atoms with Crippen LogP contribution in [0.25, 0.3) is 6.08 Å². The molecular formula is C15H17F2NO2. The molecule has 1 fully saturated rings. The van der Waals surface area contributed by atoms with Gasteiger partial charge in [-0.05, 0) is 11.6 Å². The zero-order valence-corrected chi connectivity index (χ0v) is 11.3. The van der Waals surface area contributed by atoms with Crippen LogP contribution in [0.4, 0.5) is 8.78 Å². The molecule has 2 rings (SSSR count). The molecular weight excluding hydrogens is 264 g/mol. The van der Waals surface area contributed by atoms with Gasteiger partial charge in [0.05, 0.1) is 13.5 Å². The molecule has 1 aliphatic carbocycles. The van der Waals surface area contributed by atoms with Gasteiger partial charge < -0.3 is 10.1 Å². The van der Waals surface area contributed by atoms with Crippen molar-refractivity contribution in [3.8, 4) is 5.75 Å². The molecule has 1 amide bonds. The zero-order chi connectivity index (χ0) is 14.8. The molecule has 1 aromatic carbocycles. The van der Waals surface area contributed by atoms with E-state index in [-0.39, 0.29) is 25.2 Å². The fourth-order valence-electron chi connectivity index (χ4n) is 2.25. The minimum absolute atomic E-state index is 0.114. The standard InChI is InChI=1S/C15H17F2NO2/c1-3-10-4-5-11(13(6-10)20-2)7-14(19)18-12-8-15(16,17)9-12/h3-6,12H,1,7-9H2,2H3,(H,18,19). The van der Waals surface area contributed by atoms with Gasteiger partial charge in [0.2, 0.25) is 5.91 Å². The van der Waals surface area contributed by atoms with Gasteiger partial charge in [0.15, 0.2) is 0 Å². The number of carbonyl (C=O) groups excluding carboxylic acids is 1. The zero-order valence-electron chi connectivity index (χ0n) is 11.3. The number of halogens is 2. The van der Waals surface area contributed by atoms with E-state index >= 15 is 0 Å². The van der Waals surface area contributed by atoms with Crippen molar-refractivity contribution in [2.24, 2.45) is 0 Å². The summed E-state index contributed by atoms with van der Waals surface area (Å²) in [6.45, 7) is 3.66. The van der Waals surface area contributed by atoms with Crippen molar-refractivity contribution in [1.82, 2.24) is 5.32 Å². The summed E-state index contributed by atoms with van der Waals surface area (Å²) in [6, 6.07) is 4.98. The molecule has 1 aliphatic rings. The molecule has 0 aromatic heterocycles. The van der Waals surface area contributed by atoms with E-state index in [2.05, 4.69) is 11.9 Å². The van der Waals surface area contributed by atoms with Crippen LogP contribution in [0.1, 0.15) is 24.0 Å². The number of nitrogens with one attached hydrogen (secondary N) is 1. The number of methoxy groups -OCH3 is 1. The maximum Gasteiger partial charge on any atom is 0.252 e. The molecule has 0 bridgehead atoms. The van der Waals surface area contributed by atoms with Crippen LogP contribution in [0.15, 0.2) is 24.8 Å². The van der Waals surface area contributed by atoms with Crippen molar-refractivity contribution in [3.63, 3.8) is 0 Å². The summed E-state index contributed by atoms with van der Waals surface area (Å²) >= 11 is 0. The molecule has 0 radical (unpaired) electrons. The Balaban J connectivity index is 1.96. The van der Waals surface area contributed by atoms with Gasteiger partial charge in [0, 0.05) is 24.4 Å². The Labute approximate surface area is 116 Å². The van der Waals surface area contributed by atoms with Gasteiger partial charge in [-0.3, -0.25) is 4.79 Å². The first-order valence-electron chi connectivity index (χ1n) is 6.40. The van der Waals surface area contributed by atoms with Crippen LogP contribution in [0.5, 0.6) is 5.75 Å². The number of ether oxygens (including phenoxy) is 1.